The van der Waals surface area contributed by atoms with E-state index in [4.69, 9.17) is 19.7 Å². The molecule has 0 bridgehead atoms. The average molecular weight is 670 g/mol. The number of benzene rings is 7. The normalized spacial score (nSPS) is 13.4. The Morgan fingerprint density at radius 1 is 0.392 bits per heavy atom. The lowest BCUT2D eigenvalue weighted by atomic mass is 9.66. The van der Waals surface area contributed by atoms with Gasteiger partial charge in [0.25, 0.3) is 0 Å². The van der Waals surface area contributed by atoms with E-state index in [1.165, 1.54) is 42.4 Å². The average Bonchev–Trinajstić information content (AvgIpc) is 3.72. The van der Waals surface area contributed by atoms with Crippen LogP contribution in [-0.2, 0) is 5.41 Å². The minimum Gasteiger partial charge on any atom is -0.457 e. The first kappa shape index (κ1) is 28.4. The van der Waals surface area contributed by atoms with Crippen LogP contribution in [0.25, 0.3) is 65.5 Å². The van der Waals surface area contributed by atoms with E-state index < -0.39 is 5.41 Å². The lowest BCUT2D eigenvalue weighted by Gasteiger charge is -2.39. The van der Waals surface area contributed by atoms with Crippen molar-refractivity contribution >= 4 is 31.5 Å². The topological polar surface area (TPSA) is 47.9 Å². The summed E-state index contributed by atoms with van der Waals surface area (Å²) in [6.07, 6.45) is 0. The molecule has 3 heterocycles. The first-order valence-corrected chi connectivity index (χ1v) is 17.9. The van der Waals surface area contributed by atoms with E-state index in [-0.39, 0.29) is 0 Å². The predicted octanol–water partition coefficient (Wildman–Crippen LogP) is 11.7. The van der Waals surface area contributed by atoms with Gasteiger partial charge in [-0.2, -0.15) is 0 Å². The van der Waals surface area contributed by atoms with Gasteiger partial charge in [-0.05, 0) is 58.7 Å². The lowest BCUT2D eigenvalue weighted by Crippen LogP contribution is -2.32. The lowest BCUT2D eigenvalue weighted by molar-refractivity contribution is 0.436. The summed E-state index contributed by atoms with van der Waals surface area (Å²) in [6, 6.07) is 57.7. The first-order chi connectivity index (χ1) is 25.3. The van der Waals surface area contributed by atoms with Gasteiger partial charge in [0.2, 0.25) is 0 Å². The minimum atomic E-state index is -0.572. The van der Waals surface area contributed by atoms with Gasteiger partial charge in [0.15, 0.2) is 17.5 Å². The van der Waals surface area contributed by atoms with Crippen molar-refractivity contribution in [2.75, 3.05) is 0 Å². The highest BCUT2D eigenvalue weighted by atomic mass is 32.1. The summed E-state index contributed by atoms with van der Waals surface area (Å²) in [7, 11) is 0. The number of nitrogens with zero attached hydrogens (tertiary/aromatic N) is 3. The van der Waals surface area contributed by atoms with Crippen LogP contribution in [0.2, 0.25) is 0 Å². The number of hydrogen-bond acceptors (Lipinski definition) is 5. The molecule has 0 unspecified atom stereocenters. The maximum atomic E-state index is 6.69. The highest BCUT2D eigenvalue weighted by Gasteiger charge is 2.51. The SMILES string of the molecule is c1ccc(-c2nc(-c3ccc4c(c3)C3(c5ccccc5O4)c4ccccc4-c4ccccc43)nc(-c3ccc4c(c3)sc3ccccc34)n2)cc1. The molecule has 238 valence electrons. The Hall–Kier alpha value is -6.43. The Balaban J connectivity index is 1.15. The molecule has 2 aromatic heterocycles. The van der Waals surface area contributed by atoms with Crippen molar-refractivity contribution in [2.45, 2.75) is 5.41 Å². The van der Waals surface area contributed by atoms with Crippen LogP contribution < -0.4 is 4.74 Å². The largest absolute Gasteiger partial charge is 0.457 e. The summed E-state index contributed by atoms with van der Waals surface area (Å²) in [5, 5.41) is 2.52. The van der Waals surface area contributed by atoms with Crippen molar-refractivity contribution in [2.24, 2.45) is 0 Å². The molecule has 51 heavy (non-hydrogen) atoms. The molecule has 7 aromatic carbocycles. The molecule has 0 fully saturated rings. The number of rotatable bonds is 3. The third kappa shape index (κ3) is 4.10. The Morgan fingerprint density at radius 2 is 0.941 bits per heavy atom. The van der Waals surface area contributed by atoms with Crippen LogP contribution >= 0.6 is 11.3 Å². The predicted molar refractivity (Wildman–Crippen MR) is 206 cm³/mol. The van der Waals surface area contributed by atoms with Gasteiger partial charge in [-0.3, -0.25) is 0 Å². The molecule has 0 radical (unpaired) electrons. The molecule has 1 aliphatic heterocycles. The summed E-state index contributed by atoms with van der Waals surface area (Å²) in [5.74, 6) is 3.60. The molecule has 0 amide bonds. The number of hydrogen-bond donors (Lipinski definition) is 0. The Kier molecular flexibility index (Phi) is 6.01. The van der Waals surface area contributed by atoms with Crippen molar-refractivity contribution in [3.8, 4) is 56.8 Å². The second-order valence-corrected chi connectivity index (χ2v) is 14.2. The van der Waals surface area contributed by atoms with Gasteiger partial charge in [-0.25, -0.2) is 15.0 Å². The molecular weight excluding hydrogens is 643 g/mol. The van der Waals surface area contributed by atoms with Gasteiger partial charge in [-0.1, -0.05) is 127 Å². The molecule has 1 aliphatic carbocycles. The summed E-state index contributed by atoms with van der Waals surface area (Å²) in [4.78, 5) is 15.4. The van der Waals surface area contributed by atoms with Crippen LogP contribution in [0.5, 0.6) is 11.5 Å². The fourth-order valence-corrected chi connectivity index (χ4v) is 9.36. The minimum absolute atomic E-state index is 0.572. The smallest absolute Gasteiger partial charge is 0.164 e. The molecular formula is C46H27N3OS. The van der Waals surface area contributed by atoms with Gasteiger partial charge in [0.1, 0.15) is 11.5 Å². The number of para-hydroxylation sites is 1. The zero-order valence-electron chi connectivity index (χ0n) is 27.2. The van der Waals surface area contributed by atoms with E-state index in [1.807, 2.05) is 24.3 Å². The van der Waals surface area contributed by atoms with Crippen LogP contribution in [0.1, 0.15) is 22.3 Å². The fraction of sp³-hybridized carbons (Fsp3) is 0.0217. The molecule has 1 spiro atoms. The van der Waals surface area contributed by atoms with E-state index in [9.17, 15) is 0 Å². The molecule has 0 saturated heterocycles. The highest BCUT2D eigenvalue weighted by molar-refractivity contribution is 7.25. The number of thiophene rings is 1. The van der Waals surface area contributed by atoms with Crippen molar-refractivity contribution in [1.29, 1.82) is 0 Å². The van der Waals surface area contributed by atoms with Crippen LogP contribution in [-0.4, -0.2) is 15.0 Å². The first-order valence-electron chi connectivity index (χ1n) is 17.1. The maximum Gasteiger partial charge on any atom is 0.164 e. The summed E-state index contributed by atoms with van der Waals surface area (Å²) in [6.45, 7) is 0. The quantitative estimate of drug-likeness (QED) is 0.188. The van der Waals surface area contributed by atoms with E-state index in [0.717, 1.165) is 39.3 Å². The monoisotopic (exact) mass is 669 g/mol. The molecule has 0 saturated carbocycles. The van der Waals surface area contributed by atoms with Crippen LogP contribution in [0.15, 0.2) is 164 Å². The molecule has 2 aliphatic rings. The zero-order valence-corrected chi connectivity index (χ0v) is 28.1. The number of fused-ring (bicyclic) bond motifs is 12. The van der Waals surface area contributed by atoms with Gasteiger partial charge < -0.3 is 4.74 Å². The van der Waals surface area contributed by atoms with Crippen molar-refractivity contribution < 1.29 is 4.74 Å². The Morgan fingerprint density at radius 3 is 1.71 bits per heavy atom. The number of aromatic nitrogens is 3. The van der Waals surface area contributed by atoms with Crippen molar-refractivity contribution in [3.05, 3.63) is 186 Å². The molecule has 5 heteroatoms. The van der Waals surface area contributed by atoms with Gasteiger partial charge in [-0.15, -0.1) is 11.3 Å². The van der Waals surface area contributed by atoms with Gasteiger partial charge >= 0.3 is 0 Å². The summed E-state index contributed by atoms with van der Waals surface area (Å²) < 4.78 is 9.17. The van der Waals surface area contributed by atoms with Gasteiger partial charge in [0, 0.05) is 48.0 Å². The van der Waals surface area contributed by atoms with Crippen LogP contribution in [0.4, 0.5) is 0 Å². The van der Waals surface area contributed by atoms with Crippen LogP contribution in [0, 0.1) is 0 Å². The number of ether oxygens (including phenoxy) is 1. The standard InChI is InChI=1S/C46H27N3OS/c1-2-12-28(13-3-1)43-47-44(49-45(48-43)30-22-24-34-33-16-6-11-21-41(33)51-42(34)27-30)29-23-25-40-38(26-29)46(37-19-9-10-20-39(37)50-40)35-17-7-4-14-31(35)32-15-5-8-18-36(32)46/h1-27H. The molecule has 0 atom stereocenters. The third-order valence-electron chi connectivity index (χ3n) is 10.4. The van der Waals surface area contributed by atoms with Crippen molar-refractivity contribution in [1.82, 2.24) is 15.0 Å². The Labute approximate surface area is 298 Å². The molecule has 11 rings (SSSR count). The second-order valence-electron chi connectivity index (χ2n) is 13.1. The molecule has 4 nitrogen and oxygen atoms in total. The van der Waals surface area contributed by atoms with E-state index >= 15 is 0 Å². The second kappa shape index (κ2) is 10.8. The zero-order chi connectivity index (χ0) is 33.5. The summed E-state index contributed by atoms with van der Waals surface area (Å²) >= 11 is 1.80. The maximum absolute atomic E-state index is 6.69. The van der Waals surface area contributed by atoms with Gasteiger partial charge in [0.05, 0.1) is 5.41 Å². The summed E-state index contributed by atoms with van der Waals surface area (Å²) in [5.41, 5.74) is 9.42. The Bertz CT molecular complexity index is 2810. The van der Waals surface area contributed by atoms with E-state index in [1.54, 1.807) is 11.3 Å². The molecule has 9 aromatic rings. The molecule has 0 N–H and O–H groups in total. The van der Waals surface area contributed by atoms with Crippen LogP contribution in [0.3, 0.4) is 0 Å². The third-order valence-corrected chi connectivity index (χ3v) is 11.5. The van der Waals surface area contributed by atoms with E-state index in [2.05, 4.69) is 140 Å². The van der Waals surface area contributed by atoms with Crippen molar-refractivity contribution in [3.63, 3.8) is 0 Å². The fourth-order valence-electron chi connectivity index (χ4n) is 8.21. The van der Waals surface area contributed by atoms with E-state index in [0.29, 0.717) is 17.5 Å². The highest BCUT2D eigenvalue weighted by Crippen LogP contribution is 2.62.